The molecule has 0 spiro atoms. The number of ether oxygens (including phenoxy) is 2. The molecule has 1 atom stereocenters. The van der Waals surface area contributed by atoms with Gasteiger partial charge in [0.05, 0.1) is 5.75 Å². The molecule has 0 aliphatic carbocycles. The molecule has 1 unspecified atom stereocenters. The molecule has 1 aromatic carbocycles. The van der Waals surface area contributed by atoms with Gasteiger partial charge in [0, 0.05) is 24.1 Å². The van der Waals surface area contributed by atoms with E-state index in [0.29, 0.717) is 28.4 Å². The highest BCUT2D eigenvalue weighted by molar-refractivity contribution is 8.23. The topological polar surface area (TPSA) is 59.1 Å². The van der Waals surface area contributed by atoms with Crippen molar-refractivity contribution in [1.82, 2.24) is 9.80 Å². The van der Waals surface area contributed by atoms with Crippen LogP contribution in [0.5, 0.6) is 11.5 Å². The lowest BCUT2D eigenvalue weighted by atomic mass is 10.1. The molecule has 0 N–H and O–H groups in total. The lowest BCUT2D eigenvalue weighted by Gasteiger charge is -2.23. The average Bonchev–Trinajstić information content (AvgIpc) is 3.13. The van der Waals surface area contributed by atoms with Gasteiger partial charge in [0.25, 0.3) is 0 Å². The molecule has 1 aromatic rings. The molecule has 138 valence electrons. The Morgan fingerprint density at radius 2 is 2.12 bits per heavy atom. The van der Waals surface area contributed by atoms with E-state index >= 15 is 0 Å². The van der Waals surface area contributed by atoms with Gasteiger partial charge in [-0.05, 0) is 24.1 Å². The number of thioether (sulfide) groups is 2. The minimum Gasteiger partial charge on any atom is -0.454 e. The molecule has 9 heteroatoms. The normalized spacial score (nSPS) is 22.7. The molecule has 0 radical (unpaired) electrons. The Hall–Kier alpha value is -1.45. The predicted octanol–water partition coefficient (Wildman–Crippen LogP) is 2.28. The van der Waals surface area contributed by atoms with Gasteiger partial charge in [-0.1, -0.05) is 30.0 Å². The molecule has 0 saturated carbocycles. The van der Waals surface area contributed by atoms with Gasteiger partial charge in [-0.3, -0.25) is 14.5 Å². The van der Waals surface area contributed by atoms with Gasteiger partial charge in [-0.25, -0.2) is 0 Å². The van der Waals surface area contributed by atoms with E-state index in [9.17, 15) is 9.59 Å². The molecule has 0 aromatic heterocycles. The van der Waals surface area contributed by atoms with Crippen molar-refractivity contribution in [3.05, 3.63) is 23.8 Å². The van der Waals surface area contributed by atoms with Crippen molar-refractivity contribution in [1.29, 1.82) is 0 Å². The number of nitrogens with zero attached hydrogens (tertiary/aromatic N) is 2. The Morgan fingerprint density at radius 1 is 1.27 bits per heavy atom. The number of carbonyl (C=O) groups is 2. The zero-order valence-electron chi connectivity index (χ0n) is 14.0. The fourth-order valence-electron chi connectivity index (χ4n) is 3.17. The monoisotopic (exact) mass is 410 g/mol. The Bertz CT molecular complexity index is 742. The summed E-state index contributed by atoms with van der Waals surface area (Å²) in [5.74, 6) is 2.67. The summed E-state index contributed by atoms with van der Waals surface area (Å²) in [5, 5.41) is 0.312. The van der Waals surface area contributed by atoms with Gasteiger partial charge >= 0.3 is 0 Å². The molecule has 4 rings (SSSR count). The maximum Gasteiger partial charge on any atom is 0.242 e. The van der Waals surface area contributed by atoms with Gasteiger partial charge in [-0.2, -0.15) is 11.8 Å². The van der Waals surface area contributed by atoms with E-state index in [1.54, 1.807) is 0 Å². The number of amides is 2. The summed E-state index contributed by atoms with van der Waals surface area (Å²) < 4.78 is 11.3. The van der Waals surface area contributed by atoms with Crippen LogP contribution >= 0.6 is 35.7 Å². The first-order valence-electron chi connectivity index (χ1n) is 8.38. The Labute approximate surface area is 165 Å². The summed E-state index contributed by atoms with van der Waals surface area (Å²) >= 11 is 8.33. The van der Waals surface area contributed by atoms with Crippen LogP contribution in [0.4, 0.5) is 0 Å². The highest BCUT2D eigenvalue weighted by atomic mass is 32.2. The Morgan fingerprint density at radius 3 is 2.92 bits per heavy atom. The van der Waals surface area contributed by atoms with E-state index in [1.807, 2.05) is 28.8 Å². The van der Waals surface area contributed by atoms with Crippen molar-refractivity contribution < 1.29 is 19.1 Å². The number of thiocarbonyl (C=S) groups is 1. The summed E-state index contributed by atoms with van der Waals surface area (Å²) in [6.07, 6.45) is 0.864. The molecule has 3 heterocycles. The van der Waals surface area contributed by atoms with Crippen LogP contribution in [0.1, 0.15) is 17.2 Å². The third-order valence-electron chi connectivity index (χ3n) is 4.60. The molecule has 2 amide bonds. The first-order valence-corrected chi connectivity index (χ1v) is 10.8. The van der Waals surface area contributed by atoms with Crippen LogP contribution in [0.25, 0.3) is 0 Å². The lowest BCUT2D eigenvalue weighted by Crippen LogP contribution is -2.43. The second kappa shape index (κ2) is 7.66. The number of fused-ring (bicyclic) bond motifs is 1. The molecule has 26 heavy (non-hydrogen) atoms. The van der Waals surface area contributed by atoms with Crippen molar-refractivity contribution in [3.63, 3.8) is 0 Å². The molecule has 2 fully saturated rings. The minimum absolute atomic E-state index is 0.0323. The van der Waals surface area contributed by atoms with Crippen molar-refractivity contribution in [2.24, 2.45) is 0 Å². The van der Waals surface area contributed by atoms with Gasteiger partial charge in [0.1, 0.15) is 10.9 Å². The summed E-state index contributed by atoms with van der Waals surface area (Å²) in [5.41, 5.74) is 1.20. The van der Waals surface area contributed by atoms with Crippen molar-refractivity contribution in [2.45, 2.75) is 11.7 Å². The second-order valence-corrected chi connectivity index (χ2v) is 9.10. The SMILES string of the molecule is O=C(CN1C(=O)CSC1=S)N1CCSC(c2ccc3c(c2)OCO3)CC1. The fraction of sp³-hybridized carbons (Fsp3) is 0.471. The molecular weight excluding hydrogens is 392 g/mol. The van der Waals surface area contributed by atoms with Crippen LogP contribution in [0.15, 0.2) is 18.2 Å². The predicted molar refractivity (Wildman–Crippen MR) is 106 cm³/mol. The first-order chi connectivity index (χ1) is 12.6. The van der Waals surface area contributed by atoms with E-state index in [4.69, 9.17) is 21.7 Å². The molecule has 0 bridgehead atoms. The van der Waals surface area contributed by atoms with E-state index < -0.39 is 0 Å². The number of hydrogen-bond donors (Lipinski definition) is 0. The molecule has 3 aliphatic rings. The van der Waals surface area contributed by atoms with Crippen LogP contribution in [0.3, 0.4) is 0 Å². The highest BCUT2D eigenvalue weighted by Gasteiger charge is 2.31. The van der Waals surface area contributed by atoms with Gasteiger partial charge in [0.15, 0.2) is 11.5 Å². The van der Waals surface area contributed by atoms with E-state index in [0.717, 1.165) is 23.7 Å². The number of rotatable bonds is 3. The van der Waals surface area contributed by atoms with Crippen molar-refractivity contribution in [2.75, 3.05) is 37.9 Å². The van der Waals surface area contributed by atoms with Gasteiger partial charge in [0.2, 0.25) is 18.6 Å². The minimum atomic E-state index is -0.0733. The fourth-order valence-corrected chi connectivity index (χ4v) is 5.46. The van der Waals surface area contributed by atoms with Crippen molar-refractivity contribution >= 4 is 51.9 Å². The number of hydrogen-bond acceptors (Lipinski definition) is 7. The summed E-state index contributed by atoms with van der Waals surface area (Å²) in [6.45, 7) is 1.69. The first kappa shape index (κ1) is 17.9. The molecule has 6 nitrogen and oxygen atoms in total. The largest absolute Gasteiger partial charge is 0.454 e. The van der Waals surface area contributed by atoms with E-state index in [2.05, 4.69) is 6.07 Å². The summed E-state index contributed by atoms with van der Waals surface area (Å²) in [7, 11) is 0. The zero-order valence-corrected chi connectivity index (χ0v) is 16.5. The average molecular weight is 411 g/mol. The van der Waals surface area contributed by atoms with Crippen LogP contribution in [0, 0.1) is 0 Å². The van der Waals surface area contributed by atoms with Crippen LogP contribution in [-0.2, 0) is 9.59 Å². The number of benzene rings is 1. The number of carbonyl (C=O) groups excluding carboxylic acids is 2. The molecule has 2 saturated heterocycles. The quantitative estimate of drug-likeness (QED) is 0.709. The second-order valence-electron chi connectivity index (χ2n) is 6.18. The molecule has 3 aliphatic heterocycles. The summed E-state index contributed by atoms with van der Waals surface area (Å²) in [4.78, 5) is 27.7. The third kappa shape index (κ3) is 3.65. The highest BCUT2D eigenvalue weighted by Crippen LogP contribution is 2.40. The molecular formula is C17H18N2O4S3. The van der Waals surface area contributed by atoms with Crippen molar-refractivity contribution in [3.8, 4) is 11.5 Å². The maximum atomic E-state index is 12.6. The Kier molecular flexibility index (Phi) is 5.28. The Balaban J connectivity index is 1.38. The van der Waals surface area contributed by atoms with Gasteiger partial charge in [-0.15, -0.1) is 0 Å². The maximum absolute atomic E-state index is 12.6. The van der Waals surface area contributed by atoms with Crippen LogP contribution in [-0.4, -0.2) is 63.9 Å². The van der Waals surface area contributed by atoms with Crippen LogP contribution in [0.2, 0.25) is 0 Å². The van der Waals surface area contributed by atoms with E-state index in [-0.39, 0.29) is 25.2 Å². The summed E-state index contributed by atoms with van der Waals surface area (Å²) in [6, 6.07) is 6.06. The zero-order chi connectivity index (χ0) is 18.1. The third-order valence-corrected chi connectivity index (χ3v) is 7.36. The standard InChI is InChI=1S/C17H18N2O4S3/c20-15(8-19-16(21)9-26-17(19)24)18-4-3-14(25-6-5-18)11-1-2-12-13(7-11)23-10-22-12/h1-2,7,14H,3-6,8-10H2. The van der Waals surface area contributed by atoms with Crippen LogP contribution < -0.4 is 9.47 Å². The van der Waals surface area contributed by atoms with Gasteiger partial charge < -0.3 is 14.4 Å². The lowest BCUT2D eigenvalue weighted by molar-refractivity contribution is -0.135. The smallest absolute Gasteiger partial charge is 0.242 e. The van der Waals surface area contributed by atoms with E-state index in [1.165, 1.54) is 22.2 Å².